The van der Waals surface area contributed by atoms with E-state index in [0.717, 1.165) is 13.8 Å². The SMILES string of the molecule is CC(=O)OC[C@H]1O[C@H](C(=O)O)[C@H](N=[N+]=[N-])[C@@H]1OC(C)=O. The lowest BCUT2D eigenvalue weighted by atomic mass is 10.1. The molecule has 1 heterocycles. The molecule has 20 heavy (non-hydrogen) atoms. The predicted octanol–water partition coefficient (Wildman–Crippen LogP) is 0.0121. The highest BCUT2D eigenvalue weighted by Crippen LogP contribution is 2.27. The van der Waals surface area contributed by atoms with Gasteiger partial charge in [0.15, 0.2) is 6.10 Å². The van der Waals surface area contributed by atoms with Crippen LogP contribution in [0.1, 0.15) is 13.8 Å². The monoisotopic (exact) mass is 287 g/mol. The van der Waals surface area contributed by atoms with Crippen LogP contribution in [0.4, 0.5) is 0 Å². The first-order chi connectivity index (χ1) is 9.36. The Hall–Kier alpha value is -2.32. The van der Waals surface area contributed by atoms with Gasteiger partial charge in [0, 0.05) is 18.8 Å². The largest absolute Gasteiger partial charge is 0.479 e. The van der Waals surface area contributed by atoms with Crippen molar-refractivity contribution in [1.82, 2.24) is 0 Å². The van der Waals surface area contributed by atoms with Crippen molar-refractivity contribution in [3.8, 4) is 0 Å². The van der Waals surface area contributed by atoms with Gasteiger partial charge in [0.1, 0.15) is 24.9 Å². The topological polar surface area (TPSA) is 148 Å². The first-order valence-corrected chi connectivity index (χ1v) is 5.60. The van der Waals surface area contributed by atoms with Crippen molar-refractivity contribution >= 4 is 17.9 Å². The molecule has 4 atom stereocenters. The number of hydrogen-bond donors (Lipinski definition) is 1. The fourth-order valence-corrected chi connectivity index (χ4v) is 1.80. The second kappa shape index (κ2) is 6.73. The molecule has 1 aliphatic rings. The van der Waals surface area contributed by atoms with Crippen LogP contribution in [0.15, 0.2) is 5.11 Å². The van der Waals surface area contributed by atoms with Gasteiger partial charge in [-0.2, -0.15) is 0 Å². The predicted molar refractivity (Wildman–Crippen MR) is 61.4 cm³/mol. The fraction of sp³-hybridized carbons (Fsp3) is 0.700. The normalized spacial score (nSPS) is 28.3. The van der Waals surface area contributed by atoms with E-state index < -0.39 is 42.3 Å². The number of azide groups is 1. The summed E-state index contributed by atoms with van der Waals surface area (Å²) < 4.78 is 14.8. The van der Waals surface area contributed by atoms with Crippen LogP contribution >= 0.6 is 0 Å². The molecule has 1 N–H and O–H groups in total. The van der Waals surface area contributed by atoms with Gasteiger partial charge in [0.25, 0.3) is 0 Å². The smallest absolute Gasteiger partial charge is 0.333 e. The van der Waals surface area contributed by atoms with E-state index in [1.165, 1.54) is 0 Å². The molecule has 0 spiro atoms. The molecular weight excluding hydrogens is 274 g/mol. The fourth-order valence-electron chi connectivity index (χ4n) is 1.80. The van der Waals surface area contributed by atoms with Gasteiger partial charge in [-0.3, -0.25) is 9.59 Å². The van der Waals surface area contributed by atoms with E-state index in [1.807, 2.05) is 0 Å². The number of rotatable bonds is 5. The van der Waals surface area contributed by atoms with Crippen LogP contribution < -0.4 is 0 Å². The average Bonchev–Trinajstić information content (AvgIpc) is 2.65. The van der Waals surface area contributed by atoms with Crippen LogP contribution in [-0.2, 0) is 28.6 Å². The number of hydrogen-bond acceptors (Lipinski definition) is 7. The van der Waals surface area contributed by atoms with E-state index in [-0.39, 0.29) is 6.61 Å². The van der Waals surface area contributed by atoms with Crippen LogP contribution in [0, 0.1) is 0 Å². The number of ether oxygens (including phenoxy) is 3. The van der Waals surface area contributed by atoms with Crippen molar-refractivity contribution in [2.24, 2.45) is 5.11 Å². The molecule has 0 aliphatic carbocycles. The molecule has 0 saturated carbocycles. The standard InChI is InChI=1S/C10H13N3O7/c1-4(14)18-3-6-8(19-5(2)15)7(12-13-11)9(20-6)10(16)17/h6-9H,3H2,1-2H3,(H,16,17)/t6-,7-,8-,9+/m1/s1. The zero-order valence-electron chi connectivity index (χ0n) is 10.8. The van der Waals surface area contributed by atoms with E-state index in [2.05, 4.69) is 10.0 Å². The van der Waals surface area contributed by atoms with E-state index in [9.17, 15) is 14.4 Å². The third-order valence-corrected chi connectivity index (χ3v) is 2.52. The Balaban J connectivity index is 2.96. The molecule has 1 rings (SSSR count). The number of carbonyl (C=O) groups excluding carboxylic acids is 2. The molecular formula is C10H13N3O7. The molecule has 0 aromatic heterocycles. The van der Waals surface area contributed by atoms with Gasteiger partial charge in [-0.15, -0.1) is 0 Å². The number of carbonyl (C=O) groups is 3. The first-order valence-electron chi connectivity index (χ1n) is 5.60. The van der Waals surface area contributed by atoms with Gasteiger partial charge in [-0.05, 0) is 5.53 Å². The molecule has 1 aliphatic heterocycles. The molecule has 10 nitrogen and oxygen atoms in total. The van der Waals surface area contributed by atoms with E-state index in [0.29, 0.717) is 0 Å². The zero-order valence-corrected chi connectivity index (χ0v) is 10.8. The minimum Gasteiger partial charge on any atom is -0.479 e. The summed E-state index contributed by atoms with van der Waals surface area (Å²) in [6, 6.07) is -1.23. The summed E-state index contributed by atoms with van der Waals surface area (Å²) in [6.45, 7) is 1.97. The van der Waals surface area contributed by atoms with Crippen molar-refractivity contribution in [3.63, 3.8) is 0 Å². The highest BCUT2D eigenvalue weighted by molar-refractivity contribution is 5.74. The van der Waals surface area contributed by atoms with E-state index in [1.54, 1.807) is 0 Å². The van der Waals surface area contributed by atoms with Crippen LogP contribution in [0.25, 0.3) is 10.4 Å². The Bertz CT molecular complexity index is 460. The maximum Gasteiger partial charge on any atom is 0.333 e. The maximum atomic E-state index is 11.0. The molecule has 1 fully saturated rings. The van der Waals surface area contributed by atoms with Gasteiger partial charge in [-0.1, -0.05) is 5.11 Å². The van der Waals surface area contributed by atoms with Crippen LogP contribution in [0.3, 0.4) is 0 Å². The lowest BCUT2D eigenvalue weighted by molar-refractivity contribution is -0.157. The Morgan fingerprint density at radius 3 is 2.45 bits per heavy atom. The van der Waals surface area contributed by atoms with Crippen LogP contribution in [0.5, 0.6) is 0 Å². The molecule has 0 aromatic carbocycles. The lowest BCUT2D eigenvalue weighted by Gasteiger charge is -2.19. The van der Waals surface area contributed by atoms with Crippen molar-refractivity contribution in [2.75, 3.05) is 6.61 Å². The van der Waals surface area contributed by atoms with Crippen LogP contribution in [-0.4, -0.2) is 54.0 Å². The third kappa shape index (κ3) is 3.84. The Labute approximate surface area is 113 Å². The molecule has 0 unspecified atom stereocenters. The molecule has 110 valence electrons. The first kappa shape index (κ1) is 15.7. The van der Waals surface area contributed by atoms with Crippen LogP contribution in [0.2, 0.25) is 0 Å². The highest BCUT2D eigenvalue weighted by Gasteiger charge is 2.50. The quantitative estimate of drug-likeness (QED) is 0.324. The second-order valence-corrected chi connectivity index (χ2v) is 4.01. The molecule has 0 bridgehead atoms. The molecule has 0 radical (unpaired) electrons. The highest BCUT2D eigenvalue weighted by atomic mass is 16.6. The summed E-state index contributed by atoms with van der Waals surface area (Å²) in [5, 5.41) is 12.3. The van der Waals surface area contributed by atoms with Gasteiger partial charge in [0.05, 0.1) is 0 Å². The van der Waals surface area contributed by atoms with Crippen molar-refractivity contribution in [3.05, 3.63) is 10.4 Å². The second-order valence-electron chi connectivity index (χ2n) is 4.01. The summed E-state index contributed by atoms with van der Waals surface area (Å²) in [5.74, 6) is -2.67. The summed E-state index contributed by atoms with van der Waals surface area (Å²) in [5.41, 5.74) is 8.47. The van der Waals surface area contributed by atoms with Crippen molar-refractivity contribution in [2.45, 2.75) is 38.2 Å². The number of nitrogens with zero attached hydrogens (tertiary/aromatic N) is 3. The minimum absolute atomic E-state index is 0.311. The molecule has 10 heteroatoms. The summed E-state index contributed by atoms with van der Waals surface area (Å²) >= 11 is 0. The number of esters is 2. The molecule has 0 aromatic rings. The summed E-state index contributed by atoms with van der Waals surface area (Å²) in [7, 11) is 0. The Kier molecular flexibility index (Phi) is 5.30. The van der Waals surface area contributed by atoms with E-state index >= 15 is 0 Å². The Morgan fingerprint density at radius 1 is 1.35 bits per heavy atom. The lowest BCUT2D eigenvalue weighted by Crippen LogP contribution is -2.39. The number of carboxylic acids is 1. The van der Waals surface area contributed by atoms with Crippen molar-refractivity contribution < 1.29 is 33.7 Å². The van der Waals surface area contributed by atoms with Gasteiger partial charge < -0.3 is 19.3 Å². The number of carboxylic acid groups (broad SMARTS) is 1. The molecule has 1 saturated heterocycles. The third-order valence-electron chi connectivity index (χ3n) is 2.52. The maximum absolute atomic E-state index is 11.0. The summed E-state index contributed by atoms with van der Waals surface area (Å²) in [6.07, 6.45) is -3.63. The molecule has 0 amide bonds. The van der Waals surface area contributed by atoms with Gasteiger partial charge >= 0.3 is 17.9 Å². The van der Waals surface area contributed by atoms with Gasteiger partial charge in [-0.25, -0.2) is 4.79 Å². The average molecular weight is 287 g/mol. The number of aliphatic carboxylic acids is 1. The van der Waals surface area contributed by atoms with Crippen molar-refractivity contribution in [1.29, 1.82) is 0 Å². The minimum atomic E-state index is -1.48. The Morgan fingerprint density at radius 2 is 2.00 bits per heavy atom. The van der Waals surface area contributed by atoms with Gasteiger partial charge in [0.2, 0.25) is 0 Å². The summed E-state index contributed by atoms with van der Waals surface area (Å²) in [4.78, 5) is 35.4. The zero-order chi connectivity index (χ0) is 15.3. The van der Waals surface area contributed by atoms with E-state index in [4.69, 9.17) is 24.8 Å².